The van der Waals surface area contributed by atoms with Gasteiger partial charge in [-0.15, -0.1) is 0 Å². The lowest BCUT2D eigenvalue weighted by molar-refractivity contribution is 0.502. The lowest BCUT2D eigenvalue weighted by Crippen LogP contribution is -2.39. The first-order valence-electron chi connectivity index (χ1n) is 6.48. The summed E-state index contributed by atoms with van der Waals surface area (Å²) in [4.78, 5) is 27.7. The molecule has 0 N–H and O–H groups in total. The van der Waals surface area contributed by atoms with Crippen LogP contribution in [0.1, 0.15) is 19.8 Å². The van der Waals surface area contributed by atoms with Crippen molar-refractivity contribution < 1.29 is 0 Å². The molecule has 0 radical (unpaired) electrons. The molecule has 0 spiro atoms. The first-order chi connectivity index (χ1) is 9.22. The summed E-state index contributed by atoms with van der Waals surface area (Å²) >= 11 is 0. The normalized spacial score (nSPS) is 10.8. The fourth-order valence-electron chi connectivity index (χ4n) is 2.00. The summed E-state index contributed by atoms with van der Waals surface area (Å²) in [5, 5.41) is 0. The molecule has 0 saturated heterocycles. The molecular weight excluding hydrogens is 244 g/mol. The van der Waals surface area contributed by atoms with Crippen molar-refractivity contribution in [2.45, 2.75) is 39.4 Å². The van der Waals surface area contributed by atoms with Crippen LogP contribution in [0.5, 0.6) is 0 Å². The monoisotopic (exact) mass is 262 g/mol. The lowest BCUT2D eigenvalue weighted by atomic mass is 10.4. The van der Waals surface area contributed by atoms with Gasteiger partial charge >= 0.3 is 5.69 Å². The van der Waals surface area contributed by atoms with Gasteiger partial charge in [0.25, 0.3) is 5.56 Å². The maximum absolute atomic E-state index is 12.1. The summed E-state index contributed by atoms with van der Waals surface area (Å²) in [5.41, 5.74) is -0.456. The second-order valence-corrected chi connectivity index (χ2v) is 4.44. The van der Waals surface area contributed by atoms with Gasteiger partial charge < -0.3 is 9.13 Å². The predicted molar refractivity (Wildman–Crippen MR) is 72.1 cm³/mol. The zero-order valence-corrected chi connectivity index (χ0v) is 11.0. The average molecular weight is 262 g/mol. The largest absolute Gasteiger partial charge is 0.337 e. The summed E-state index contributed by atoms with van der Waals surface area (Å²) in [7, 11) is 0. The van der Waals surface area contributed by atoms with Crippen LogP contribution >= 0.6 is 0 Å². The number of nitrogens with zero attached hydrogens (tertiary/aromatic N) is 4. The Bertz CT molecular complexity index is 625. The molecule has 0 amide bonds. The Balaban J connectivity index is 2.09. The van der Waals surface area contributed by atoms with E-state index in [0.717, 1.165) is 19.4 Å². The molecule has 0 unspecified atom stereocenters. The van der Waals surface area contributed by atoms with Gasteiger partial charge in [0.2, 0.25) is 0 Å². The van der Waals surface area contributed by atoms with Crippen LogP contribution < -0.4 is 11.2 Å². The van der Waals surface area contributed by atoms with Crippen molar-refractivity contribution >= 4 is 0 Å². The van der Waals surface area contributed by atoms with Crippen molar-refractivity contribution in [3.63, 3.8) is 0 Å². The van der Waals surface area contributed by atoms with Crippen molar-refractivity contribution in [3.05, 3.63) is 51.8 Å². The van der Waals surface area contributed by atoms with E-state index in [-0.39, 0.29) is 11.2 Å². The number of rotatable bonds is 6. The third-order valence-electron chi connectivity index (χ3n) is 2.96. The first-order valence-corrected chi connectivity index (χ1v) is 6.48. The van der Waals surface area contributed by atoms with Crippen LogP contribution in [0.4, 0.5) is 0 Å². The summed E-state index contributed by atoms with van der Waals surface area (Å²) < 4.78 is 4.81. The molecular formula is C13H18N4O2. The first kappa shape index (κ1) is 13.3. The molecule has 0 aliphatic heterocycles. The number of hydrogen-bond acceptors (Lipinski definition) is 3. The van der Waals surface area contributed by atoms with Gasteiger partial charge in [-0.05, 0) is 12.8 Å². The van der Waals surface area contributed by atoms with Crippen LogP contribution in [-0.2, 0) is 19.6 Å². The van der Waals surface area contributed by atoms with Crippen LogP contribution in [0.3, 0.4) is 0 Å². The molecule has 0 fully saturated rings. The number of hydrogen-bond donors (Lipinski definition) is 0. The minimum absolute atomic E-state index is 0.222. The third-order valence-corrected chi connectivity index (χ3v) is 2.96. The van der Waals surface area contributed by atoms with Gasteiger partial charge in [-0.3, -0.25) is 9.36 Å². The van der Waals surface area contributed by atoms with Crippen molar-refractivity contribution in [1.82, 2.24) is 18.7 Å². The Morgan fingerprint density at radius 1 is 1.16 bits per heavy atom. The molecule has 0 aliphatic carbocycles. The minimum atomic E-state index is -0.233. The Morgan fingerprint density at radius 3 is 2.68 bits per heavy atom. The van der Waals surface area contributed by atoms with Crippen LogP contribution in [0.15, 0.2) is 40.6 Å². The topological polar surface area (TPSA) is 61.8 Å². The summed E-state index contributed by atoms with van der Waals surface area (Å²) in [6.07, 6.45) is 8.46. The molecule has 0 aromatic carbocycles. The zero-order chi connectivity index (χ0) is 13.7. The quantitative estimate of drug-likeness (QED) is 0.770. The molecule has 0 atom stereocenters. The van der Waals surface area contributed by atoms with Gasteiger partial charge in [0, 0.05) is 44.3 Å². The number of imidazole rings is 1. The molecule has 6 nitrogen and oxygen atoms in total. The van der Waals surface area contributed by atoms with Gasteiger partial charge in [0.15, 0.2) is 0 Å². The van der Waals surface area contributed by atoms with Gasteiger partial charge in [0.1, 0.15) is 0 Å². The summed E-state index contributed by atoms with van der Waals surface area (Å²) in [5.74, 6) is 0. The van der Waals surface area contributed by atoms with Crippen molar-refractivity contribution in [3.8, 4) is 0 Å². The van der Waals surface area contributed by atoms with Crippen LogP contribution in [0.2, 0.25) is 0 Å². The fourth-order valence-corrected chi connectivity index (χ4v) is 2.00. The van der Waals surface area contributed by atoms with Gasteiger partial charge in [-0.2, -0.15) is 0 Å². The van der Waals surface area contributed by atoms with Crippen molar-refractivity contribution in [2.24, 2.45) is 0 Å². The molecule has 2 heterocycles. The Labute approximate surface area is 110 Å². The van der Waals surface area contributed by atoms with E-state index >= 15 is 0 Å². The number of aryl methyl sites for hydroxylation is 2. The molecule has 6 heteroatoms. The van der Waals surface area contributed by atoms with Gasteiger partial charge in [-0.25, -0.2) is 9.78 Å². The Morgan fingerprint density at radius 2 is 2.00 bits per heavy atom. The second kappa shape index (κ2) is 6.17. The molecule has 0 bridgehead atoms. The maximum atomic E-state index is 12.1. The lowest BCUT2D eigenvalue weighted by Gasteiger charge is -2.09. The Kier molecular flexibility index (Phi) is 4.33. The van der Waals surface area contributed by atoms with E-state index in [4.69, 9.17) is 0 Å². The van der Waals surface area contributed by atoms with E-state index in [2.05, 4.69) is 4.98 Å². The summed E-state index contributed by atoms with van der Waals surface area (Å²) in [6, 6.07) is 1.45. The number of aromatic nitrogens is 4. The van der Waals surface area contributed by atoms with Gasteiger partial charge in [-0.1, -0.05) is 6.92 Å². The maximum Gasteiger partial charge on any atom is 0.330 e. The van der Waals surface area contributed by atoms with E-state index in [0.29, 0.717) is 13.1 Å². The van der Waals surface area contributed by atoms with Crippen molar-refractivity contribution in [1.29, 1.82) is 0 Å². The Hall–Kier alpha value is -2.11. The van der Waals surface area contributed by atoms with E-state index in [1.165, 1.54) is 10.6 Å². The fraction of sp³-hybridized carbons (Fsp3) is 0.462. The highest BCUT2D eigenvalue weighted by Gasteiger charge is 2.04. The van der Waals surface area contributed by atoms with Crippen molar-refractivity contribution in [2.75, 3.05) is 0 Å². The van der Waals surface area contributed by atoms with Crippen LogP contribution in [0.25, 0.3) is 0 Å². The molecule has 0 aliphatic rings. The molecule has 19 heavy (non-hydrogen) atoms. The van der Waals surface area contributed by atoms with E-state index in [1.54, 1.807) is 23.3 Å². The molecule has 102 valence electrons. The highest BCUT2D eigenvalue weighted by Crippen LogP contribution is 1.92. The van der Waals surface area contributed by atoms with E-state index in [1.807, 2.05) is 17.7 Å². The van der Waals surface area contributed by atoms with Crippen LogP contribution in [0, 0.1) is 0 Å². The standard InChI is InChI=1S/C13H18N4O2/c1-2-6-16-9-4-12(18)17(13(16)19)8-3-7-15-10-5-14-11-15/h4-5,9-11H,2-3,6-8H2,1H3. The van der Waals surface area contributed by atoms with E-state index in [9.17, 15) is 9.59 Å². The van der Waals surface area contributed by atoms with Gasteiger partial charge in [0.05, 0.1) is 6.33 Å². The average Bonchev–Trinajstić information content (AvgIpc) is 2.90. The third kappa shape index (κ3) is 3.21. The highest BCUT2D eigenvalue weighted by atomic mass is 16.2. The molecule has 2 rings (SSSR count). The predicted octanol–water partition coefficient (Wildman–Crippen LogP) is 0.707. The SMILES string of the molecule is CCCn1ccc(=O)n(CCCn2ccnc2)c1=O. The molecule has 2 aromatic heterocycles. The van der Waals surface area contributed by atoms with E-state index < -0.39 is 0 Å². The summed E-state index contributed by atoms with van der Waals surface area (Å²) in [6.45, 7) is 3.82. The molecule has 2 aromatic rings. The smallest absolute Gasteiger partial charge is 0.330 e. The second-order valence-electron chi connectivity index (χ2n) is 4.44. The highest BCUT2D eigenvalue weighted by molar-refractivity contribution is 4.86. The minimum Gasteiger partial charge on any atom is -0.337 e. The zero-order valence-electron chi connectivity index (χ0n) is 11.0. The van der Waals surface area contributed by atoms with Crippen LogP contribution in [-0.4, -0.2) is 18.7 Å². The molecule has 0 saturated carbocycles.